The number of benzene rings is 1. The van der Waals surface area contributed by atoms with Gasteiger partial charge >= 0.3 is 0 Å². The Morgan fingerprint density at radius 3 is 2.65 bits per heavy atom. The van der Waals surface area contributed by atoms with Crippen LogP contribution in [-0.4, -0.2) is 35.0 Å². The zero-order valence-electron chi connectivity index (χ0n) is 13.2. The Morgan fingerprint density at radius 1 is 1.35 bits per heavy atom. The zero-order chi connectivity index (χ0) is 16.4. The molecule has 0 spiro atoms. The van der Waals surface area contributed by atoms with E-state index >= 15 is 0 Å². The monoisotopic (exact) mass is 375 g/mol. The van der Waals surface area contributed by atoms with Crippen molar-refractivity contribution in [2.75, 3.05) is 25.1 Å². The van der Waals surface area contributed by atoms with Gasteiger partial charge in [0.15, 0.2) is 0 Å². The van der Waals surface area contributed by atoms with E-state index in [0.29, 0.717) is 11.5 Å². The fourth-order valence-electron chi connectivity index (χ4n) is 3.13. The summed E-state index contributed by atoms with van der Waals surface area (Å²) in [6.07, 6.45) is 3.72. The van der Waals surface area contributed by atoms with Crippen molar-refractivity contribution < 1.29 is 4.74 Å². The lowest BCUT2D eigenvalue weighted by Crippen LogP contribution is -2.34. The van der Waals surface area contributed by atoms with Gasteiger partial charge in [-0.1, -0.05) is 0 Å². The first-order chi connectivity index (χ1) is 11.2. The molecule has 0 aliphatic carbocycles. The molecule has 1 saturated heterocycles. The van der Waals surface area contributed by atoms with Gasteiger partial charge in [-0.25, -0.2) is 0 Å². The quantitative estimate of drug-likeness (QED) is 0.824. The molecule has 1 aromatic heterocycles. The summed E-state index contributed by atoms with van der Waals surface area (Å²) in [6, 6.07) is 5.91. The van der Waals surface area contributed by atoms with Gasteiger partial charge in [-0.15, -0.1) is 10.2 Å². The van der Waals surface area contributed by atoms with E-state index < -0.39 is 0 Å². The van der Waals surface area contributed by atoms with Gasteiger partial charge in [0.25, 0.3) is 0 Å². The number of hydrogen-bond acceptors (Lipinski definition) is 5. The molecule has 2 aromatic rings. The van der Waals surface area contributed by atoms with Crippen LogP contribution >= 0.6 is 15.9 Å². The van der Waals surface area contributed by atoms with Gasteiger partial charge in [0.1, 0.15) is 24.0 Å². The highest BCUT2D eigenvalue weighted by molar-refractivity contribution is 9.10. The van der Waals surface area contributed by atoms with Crippen molar-refractivity contribution in [3.8, 4) is 11.8 Å². The molecule has 0 radical (unpaired) electrons. The number of halogens is 1. The summed E-state index contributed by atoms with van der Waals surface area (Å²) in [5, 5.41) is 17.6. The normalized spacial score (nSPS) is 15.5. The van der Waals surface area contributed by atoms with E-state index in [0.717, 1.165) is 47.7 Å². The number of methoxy groups -OCH3 is 1. The number of piperidine rings is 1. The molecule has 1 aliphatic rings. The van der Waals surface area contributed by atoms with E-state index in [-0.39, 0.29) is 0 Å². The zero-order valence-corrected chi connectivity index (χ0v) is 14.7. The van der Waals surface area contributed by atoms with Crippen LogP contribution in [0.3, 0.4) is 0 Å². The molecular formula is C16H18BrN5O. The fraction of sp³-hybridized carbons (Fsp3) is 0.438. The predicted molar refractivity (Wildman–Crippen MR) is 90.6 cm³/mol. The van der Waals surface area contributed by atoms with Gasteiger partial charge in [-0.3, -0.25) is 0 Å². The summed E-state index contributed by atoms with van der Waals surface area (Å²) in [4.78, 5) is 2.25. The highest BCUT2D eigenvalue weighted by Gasteiger charge is 2.27. The SMILES string of the molecule is COc1ccc(C#N)c(N2CCC(c3nncn3C)CC2)c1Br. The number of ether oxygens (including phenoxy) is 1. The van der Waals surface area contributed by atoms with Crippen LogP contribution in [0.5, 0.6) is 5.75 Å². The second-order valence-corrected chi connectivity index (χ2v) is 6.44. The maximum Gasteiger partial charge on any atom is 0.135 e. The van der Waals surface area contributed by atoms with Crippen molar-refractivity contribution in [1.82, 2.24) is 14.8 Å². The first-order valence-corrected chi connectivity index (χ1v) is 8.30. The van der Waals surface area contributed by atoms with Crippen LogP contribution in [0, 0.1) is 11.3 Å². The predicted octanol–water partition coefficient (Wildman–Crippen LogP) is 2.84. The number of nitrogens with zero attached hydrogens (tertiary/aromatic N) is 5. The summed E-state index contributed by atoms with van der Waals surface area (Å²) in [6.45, 7) is 1.75. The number of anilines is 1. The Hall–Kier alpha value is -2.07. The number of aromatic nitrogens is 3. The first kappa shape index (κ1) is 15.8. The Bertz CT molecular complexity index is 743. The maximum absolute atomic E-state index is 9.42. The maximum atomic E-state index is 9.42. The molecular weight excluding hydrogens is 358 g/mol. The summed E-state index contributed by atoms with van der Waals surface area (Å²) in [7, 11) is 3.62. The smallest absolute Gasteiger partial charge is 0.135 e. The molecule has 0 unspecified atom stereocenters. The topological polar surface area (TPSA) is 67.0 Å². The van der Waals surface area contributed by atoms with Gasteiger partial charge in [0.2, 0.25) is 0 Å². The van der Waals surface area contributed by atoms with Crippen molar-refractivity contribution in [3.05, 3.63) is 34.3 Å². The lowest BCUT2D eigenvalue weighted by Gasteiger charge is -2.34. The molecule has 23 heavy (non-hydrogen) atoms. The lowest BCUT2D eigenvalue weighted by molar-refractivity contribution is 0.411. The number of rotatable bonds is 3. The molecule has 0 atom stereocenters. The minimum absolute atomic E-state index is 0.411. The summed E-state index contributed by atoms with van der Waals surface area (Å²) >= 11 is 3.59. The second kappa shape index (κ2) is 6.59. The molecule has 1 aromatic carbocycles. The van der Waals surface area contributed by atoms with Crippen molar-refractivity contribution in [2.45, 2.75) is 18.8 Å². The number of aryl methyl sites for hydroxylation is 1. The summed E-state index contributed by atoms with van der Waals surface area (Å²) < 4.78 is 8.20. The van der Waals surface area contributed by atoms with Gasteiger partial charge in [0.05, 0.1) is 22.8 Å². The van der Waals surface area contributed by atoms with E-state index in [2.05, 4.69) is 37.1 Å². The molecule has 0 bridgehead atoms. The molecule has 2 heterocycles. The lowest BCUT2D eigenvalue weighted by atomic mass is 9.95. The summed E-state index contributed by atoms with van der Waals surface area (Å²) in [5.41, 5.74) is 1.58. The first-order valence-electron chi connectivity index (χ1n) is 7.51. The third-order valence-electron chi connectivity index (χ3n) is 4.34. The minimum atomic E-state index is 0.411. The molecule has 7 heteroatoms. The van der Waals surface area contributed by atoms with Gasteiger partial charge < -0.3 is 14.2 Å². The van der Waals surface area contributed by atoms with E-state index in [1.54, 1.807) is 13.4 Å². The molecule has 0 N–H and O–H groups in total. The highest BCUT2D eigenvalue weighted by atomic mass is 79.9. The van der Waals surface area contributed by atoms with E-state index in [1.165, 1.54) is 0 Å². The third-order valence-corrected chi connectivity index (χ3v) is 5.11. The van der Waals surface area contributed by atoms with E-state index in [1.807, 2.05) is 23.7 Å². The molecule has 0 saturated carbocycles. The van der Waals surface area contributed by atoms with Crippen LogP contribution in [0.25, 0.3) is 0 Å². The average Bonchev–Trinajstić information content (AvgIpc) is 3.00. The van der Waals surface area contributed by atoms with Crippen molar-refractivity contribution >= 4 is 21.6 Å². The Morgan fingerprint density at radius 2 is 2.09 bits per heavy atom. The van der Waals surface area contributed by atoms with Crippen LogP contribution in [0.15, 0.2) is 22.9 Å². The van der Waals surface area contributed by atoms with Gasteiger partial charge in [-0.05, 0) is 40.9 Å². The Balaban J connectivity index is 1.83. The van der Waals surface area contributed by atoms with Gasteiger partial charge in [0, 0.05) is 26.1 Å². The molecule has 120 valence electrons. The van der Waals surface area contributed by atoms with Crippen molar-refractivity contribution in [2.24, 2.45) is 7.05 Å². The number of nitriles is 1. The molecule has 3 rings (SSSR count). The van der Waals surface area contributed by atoms with Crippen LogP contribution in [0.2, 0.25) is 0 Å². The van der Waals surface area contributed by atoms with Crippen molar-refractivity contribution in [1.29, 1.82) is 5.26 Å². The Labute approximate surface area is 143 Å². The van der Waals surface area contributed by atoms with E-state index in [4.69, 9.17) is 4.74 Å². The number of hydrogen-bond donors (Lipinski definition) is 0. The van der Waals surface area contributed by atoms with Crippen LogP contribution < -0.4 is 9.64 Å². The minimum Gasteiger partial charge on any atom is -0.495 e. The van der Waals surface area contributed by atoms with Crippen LogP contribution in [0.1, 0.15) is 30.1 Å². The molecule has 6 nitrogen and oxygen atoms in total. The van der Waals surface area contributed by atoms with Crippen molar-refractivity contribution in [3.63, 3.8) is 0 Å². The third kappa shape index (κ3) is 2.91. The van der Waals surface area contributed by atoms with Crippen LogP contribution in [-0.2, 0) is 7.05 Å². The Kier molecular flexibility index (Phi) is 4.53. The second-order valence-electron chi connectivity index (χ2n) is 5.65. The molecule has 1 fully saturated rings. The largest absolute Gasteiger partial charge is 0.495 e. The fourth-order valence-corrected chi connectivity index (χ4v) is 3.88. The van der Waals surface area contributed by atoms with Gasteiger partial charge in [-0.2, -0.15) is 5.26 Å². The van der Waals surface area contributed by atoms with Crippen LogP contribution in [0.4, 0.5) is 5.69 Å². The molecule has 1 aliphatic heterocycles. The highest BCUT2D eigenvalue weighted by Crippen LogP contribution is 2.40. The molecule has 0 amide bonds. The standard InChI is InChI=1S/C16H18BrN5O/c1-21-10-19-20-16(21)11-5-7-22(8-6-11)15-12(9-18)3-4-13(23-2)14(15)17/h3-4,10-11H,5-8H2,1-2H3. The average molecular weight is 376 g/mol. The summed E-state index contributed by atoms with van der Waals surface area (Å²) in [5.74, 6) is 2.19. The van der Waals surface area contributed by atoms with E-state index in [9.17, 15) is 5.26 Å².